The summed E-state index contributed by atoms with van der Waals surface area (Å²) >= 11 is 6.49. The smallest absolute Gasteiger partial charge is 0.354 e. The van der Waals surface area contributed by atoms with Crippen LogP contribution >= 0.6 is 24.0 Å². The highest BCUT2D eigenvalue weighted by Crippen LogP contribution is 2.75. The highest BCUT2D eigenvalue weighted by Gasteiger charge is 2.69. The number of ether oxygens (including phenoxy) is 1. The van der Waals surface area contributed by atoms with Crippen LogP contribution in [0.4, 0.5) is 0 Å². The summed E-state index contributed by atoms with van der Waals surface area (Å²) in [4.78, 5) is 45.0. The van der Waals surface area contributed by atoms with Gasteiger partial charge in [0, 0.05) is 5.41 Å². The Balaban J connectivity index is 1.27. The molecule has 0 N–H and O–H groups in total. The molecular weight excluding hydrogens is 605 g/mol. The molecule has 6 aliphatic rings. The standard InChI is InChI=1S/C36H52N2O5S2/c1-31(2)15-17-36(29(41)42-8)18-16-34(6)22(23(36)19-31)9-10-25-33(5)13-12-26(32(3,4)24(33)11-14-35(25,34)7)37-43-28(40)20-38-27(39)21-45-30(38)44/h9,23-25H,10-21H2,1-8H3/b37-26+/t23-,24-,25+,33-,34+,35+,36-/m0/s1. The second-order valence-corrected chi connectivity index (χ2v) is 18.7. The third-order valence-corrected chi connectivity index (χ3v) is 15.8. The van der Waals surface area contributed by atoms with E-state index >= 15 is 0 Å². The van der Waals surface area contributed by atoms with Crippen LogP contribution in [-0.4, -0.2) is 52.2 Å². The van der Waals surface area contributed by atoms with Crippen LogP contribution in [0, 0.1) is 50.2 Å². The van der Waals surface area contributed by atoms with E-state index in [0.717, 1.165) is 69.9 Å². The number of oxime groups is 1. The molecule has 0 aromatic heterocycles. The number of rotatable bonds is 4. The van der Waals surface area contributed by atoms with Crippen LogP contribution < -0.4 is 0 Å². The fraction of sp³-hybridized carbons (Fsp3) is 0.806. The Morgan fingerprint density at radius 2 is 1.73 bits per heavy atom. The summed E-state index contributed by atoms with van der Waals surface area (Å²) in [7, 11) is 1.57. The minimum atomic E-state index is -0.551. The minimum absolute atomic E-state index is 0.00377. The molecule has 5 aliphatic carbocycles. The van der Waals surface area contributed by atoms with Gasteiger partial charge in [-0.15, -0.1) is 0 Å². The first-order valence-corrected chi connectivity index (χ1v) is 18.4. The minimum Gasteiger partial charge on any atom is -0.469 e. The molecule has 5 fully saturated rings. The van der Waals surface area contributed by atoms with Crippen molar-refractivity contribution in [3.63, 3.8) is 0 Å². The summed E-state index contributed by atoms with van der Waals surface area (Å²) in [5, 5.41) is 4.47. The van der Waals surface area contributed by atoms with Gasteiger partial charge in [-0.2, -0.15) is 0 Å². The lowest BCUT2D eigenvalue weighted by Crippen LogP contribution is -2.64. The lowest BCUT2D eigenvalue weighted by Gasteiger charge is -2.70. The Morgan fingerprint density at radius 3 is 2.40 bits per heavy atom. The molecule has 45 heavy (non-hydrogen) atoms. The molecule has 0 aromatic carbocycles. The number of carbonyl (C=O) groups is 3. The van der Waals surface area contributed by atoms with Gasteiger partial charge >= 0.3 is 11.9 Å². The van der Waals surface area contributed by atoms with Crippen molar-refractivity contribution in [1.29, 1.82) is 0 Å². The maximum atomic E-state index is 13.5. The molecule has 1 amide bonds. The van der Waals surface area contributed by atoms with Gasteiger partial charge in [0.2, 0.25) is 5.91 Å². The molecule has 6 rings (SSSR count). The second kappa shape index (κ2) is 10.9. The van der Waals surface area contributed by atoms with Crippen molar-refractivity contribution in [2.24, 2.45) is 55.4 Å². The van der Waals surface area contributed by atoms with Gasteiger partial charge in [-0.1, -0.05) is 89.3 Å². The van der Waals surface area contributed by atoms with Crippen molar-refractivity contribution in [2.45, 2.75) is 113 Å². The van der Waals surface area contributed by atoms with Gasteiger partial charge in [0.15, 0.2) is 0 Å². The van der Waals surface area contributed by atoms with Crippen LogP contribution in [0.25, 0.3) is 0 Å². The van der Waals surface area contributed by atoms with E-state index in [2.05, 4.69) is 59.7 Å². The first-order valence-electron chi connectivity index (χ1n) is 17.0. The number of hydrogen-bond acceptors (Lipinski definition) is 8. The van der Waals surface area contributed by atoms with E-state index in [1.54, 1.807) is 12.7 Å². The number of carbonyl (C=O) groups excluding carboxylic acids is 3. The number of fused-ring (bicyclic) bond motifs is 7. The summed E-state index contributed by atoms with van der Waals surface area (Å²) in [6, 6.07) is 0. The predicted molar refractivity (Wildman–Crippen MR) is 181 cm³/mol. The summed E-state index contributed by atoms with van der Waals surface area (Å²) in [5.41, 5.74) is 2.36. The fourth-order valence-corrected chi connectivity index (χ4v) is 12.7. The largest absolute Gasteiger partial charge is 0.469 e. The topological polar surface area (TPSA) is 85.3 Å². The summed E-state index contributed by atoms with van der Waals surface area (Å²) < 4.78 is 5.95. The zero-order valence-corrected chi connectivity index (χ0v) is 30.2. The normalized spacial score (nSPS) is 42.6. The predicted octanol–water partition coefficient (Wildman–Crippen LogP) is 7.72. The Kier molecular flexibility index (Phi) is 8.03. The van der Waals surface area contributed by atoms with Crippen LogP contribution in [0.5, 0.6) is 0 Å². The summed E-state index contributed by atoms with van der Waals surface area (Å²) in [6.45, 7) is 16.8. The van der Waals surface area contributed by atoms with Crippen LogP contribution in [-0.2, 0) is 24.0 Å². The van der Waals surface area contributed by atoms with E-state index in [1.807, 2.05) is 0 Å². The van der Waals surface area contributed by atoms with Crippen molar-refractivity contribution >= 4 is 51.9 Å². The molecule has 4 saturated carbocycles. The third kappa shape index (κ3) is 4.82. The highest BCUT2D eigenvalue weighted by molar-refractivity contribution is 8.23. The van der Waals surface area contributed by atoms with Gasteiger partial charge in [-0.05, 0) is 104 Å². The zero-order chi connectivity index (χ0) is 32.8. The lowest BCUT2D eigenvalue weighted by atomic mass is 9.33. The molecule has 0 aromatic rings. The van der Waals surface area contributed by atoms with Crippen molar-refractivity contribution in [2.75, 3.05) is 19.4 Å². The van der Waals surface area contributed by atoms with E-state index in [4.69, 9.17) is 21.8 Å². The molecule has 0 radical (unpaired) electrons. The van der Waals surface area contributed by atoms with E-state index in [0.29, 0.717) is 16.2 Å². The molecule has 1 saturated heterocycles. The van der Waals surface area contributed by atoms with Crippen LogP contribution in [0.15, 0.2) is 16.8 Å². The summed E-state index contributed by atoms with van der Waals surface area (Å²) in [6.07, 6.45) is 12.6. The number of esters is 1. The highest BCUT2D eigenvalue weighted by atomic mass is 32.2. The molecule has 7 atom stereocenters. The number of amides is 1. The Bertz CT molecular complexity index is 1370. The van der Waals surface area contributed by atoms with Crippen molar-refractivity contribution in [3.8, 4) is 0 Å². The van der Waals surface area contributed by atoms with Gasteiger partial charge in [-0.3, -0.25) is 14.5 Å². The van der Waals surface area contributed by atoms with Crippen LogP contribution in [0.1, 0.15) is 113 Å². The molecule has 9 heteroatoms. The zero-order valence-electron chi connectivity index (χ0n) is 28.5. The first kappa shape index (κ1) is 33.2. The van der Waals surface area contributed by atoms with Crippen LogP contribution in [0.2, 0.25) is 0 Å². The number of hydrogen-bond donors (Lipinski definition) is 0. The number of methoxy groups -OCH3 is 1. The number of allylic oxidation sites excluding steroid dienone is 2. The average molecular weight is 657 g/mol. The SMILES string of the molecule is COC(=O)[C@]12CCC(C)(C)C[C@H]1C1=CC[C@@H]3[C@@]4(C)CC/C(=N\OC(=O)CN5C(=O)CSC5=S)C(C)(C)[C@@H]4CC[C@@]3(C)[C@]1(C)CC2. The molecule has 0 spiro atoms. The van der Waals surface area contributed by atoms with Gasteiger partial charge in [0.05, 0.1) is 24.0 Å². The maximum Gasteiger partial charge on any atom is 0.354 e. The van der Waals surface area contributed by atoms with Gasteiger partial charge in [-0.25, -0.2) is 4.79 Å². The van der Waals surface area contributed by atoms with E-state index in [1.165, 1.54) is 16.7 Å². The Labute approximate surface area is 279 Å². The first-order chi connectivity index (χ1) is 20.9. The molecule has 1 heterocycles. The molecule has 1 aliphatic heterocycles. The maximum absolute atomic E-state index is 13.5. The van der Waals surface area contributed by atoms with Gasteiger partial charge in [0.1, 0.15) is 10.9 Å². The van der Waals surface area contributed by atoms with Gasteiger partial charge in [0.25, 0.3) is 0 Å². The molecule has 0 bridgehead atoms. The van der Waals surface area contributed by atoms with Gasteiger partial charge < -0.3 is 9.57 Å². The number of nitrogens with zero attached hydrogens (tertiary/aromatic N) is 2. The van der Waals surface area contributed by atoms with E-state index < -0.39 is 5.97 Å². The Hall–Kier alpha value is -1.74. The lowest BCUT2D eigenvalue weighted by molar-refractivity contribution is -0.181. The number of thioether (sulfide) groups is 1. The fourth-order valence-electron chi connectivity index (χ4n) is 11.6. The Morgan fingerprint density at radius 1 is 1.02 bits per heavy atom. The van der Waals surface area contributed by atoms with Crippen molar-refractivity contribution < 1.29 is 24.0 Å². The molecule has 0 unspecified atom stereocenters. The van der Waals surface area contributed by atoms with Crippen molar-refractivity contribution in [1.82, 2.24) is 4.90 Å². The monoisotopic (exact) mass is 656 g/mol. The second-order valence-electron chi connectivity index (χ2n) is 17.1. The molecule has 248 valence electrons. The van der Waals surface area contributed by atoms with Crippen LogP contribution in [0.3, 0.4) is 0 Å². The summed E-state index contributed by atoms with van der Waals surface area (Å²) in [5.74, 6) is 0.735. The average Bonchev–Trinajstić information content (AvgIpc) is 3.28. The number of thiocarbonyl (C=S) groups is 1. The van der Waals surface area contributed by atoms with Crippen molar-refractivity contribution in [3.05, 3.63) is 11.6 Å². The molecular formula is C36H52N2O5S2. The third-order valence-electron chi connectivity index (χ3n) is 14.4. The van der Waals surface area contributed by atoms with E-state index in [9.17, 15) is 14.4 Å². The quantitative estimate of drug-likeness (QED) is 0.101. The van der Waals surface area contributed by atoms with E-state index in [-0.39, 0.29) is 62.6 Å². The molecule has 7 nitrogen and oxygen atoms in total.